The minimum atomic E-state index is -0.170. The highest BCUT2D eigenvalue weighted by Crippen LogP contribution is 2.20. The van der Waals surface area contributed by atoms with Crippen LogP contribution in [0.3, 0.4) is 0 Å². The number of hydrogen-bond donors (Lipinski definition) is 1. The SMILES string of the molecule is CCCc1ccc(NC(=O)c2cc(Cl)cc(Br)c2)cc1. The lowest BCUT2D eigenvalue weighted by molar-refractivity contribution is 0.102. The Balaban J connectivity index is 2.10. The maximum absolute atomic E-state index is 12.1. The van der Waals surface area contributed by atoms with Gasteiger partial charge in [0.1, 0.15) is 0 Å². The molecular formula is C16H15BrClNO. The smallest absolute Gasteiger partial charge is 0.255 e. The Morgan fingerprint density at radius 2 is 1.90 bits per heavy atom. The number of anilines is 1. The molecule has 0 radical (unpaired) electrons. The Hall–Kier alpha value is -1.32. The molecule has 0 atom stereocenters. The molecule has 0 aliphatic rings. The lowest BCUT2D eigenvalue weighted by atomic mass is 10.1. The van der Waals surface area contributed by atoms with E-state index >= 15 is 0 Å². The zero-order chi connectivity index (χ0) is 14.5. The van der Waals surface area contributed by atoms with E-state index in [1.807, 2.05) is 24.3 Å². The highest BCUT2D eigenvalue weighted by Gasteiger charge is 2.08. The van der Waals surface area contributed by atoms with Crippen molar-refractivity contribution < 1.29 is 4.79 Å². The predicted octanol–water partition coefficient (Wildman–Crippen LogP) is 5.31. The van der Waals surface area contributed by atoms with Crippen LogP contribution in [0.15, 0.2) is 46.9 Å². The van der Waals surface area contributed by atoms with Gasteiger partial charge in [0.15, 0.2) is 0 Å². The third-order valence-electron chi connectivity index (χ3n) is 2.88. The van der Waals surface area contributed by atoms with Gasteiger partial charge in [-0.15, -0.1) is 0 Å². The number of benzene rings is 2. The van der Waals surface area contributed by atoms with Crippen molar-refractivity contribution in [2.24, 2.45) is 0 Å². The Morgan fingerprint density at radius 1 is 1.20 bits per heavy atom. The van der Waals surface area contributed by atoms with E-state index in [2.05, 4.69) is 28.2 Å². The summed E-state index contributed by atoms with van der Waals surface area (Å²) in [6.45, 7) is 2.15. The molecule has 2 aromatic carbocycles. The summed E-state index contributed by atoms with van der Waals surface area (Å²) in [4.78, 5) is 12.1. The van der Waals surface area contributed by atoms with E-state index < -0.39 is 0 Å². The second-order valence-corrected chi connectivity index (χ2v) is 5.91. The van der Waals surface area contributed by atoms with Crippen molar-refractivity contribution in [3.05, 3.63) is 63.1 Å². The molecule has 0 aliphatic heterocycles. The zero-order valence-corrected chi connectivity index (χ0v) is 13.5. The van der Waals surface area contributed by atoms with Crippen LogP contribution in [0.25, 0.3) is 0 Å². The van der Waals surface area contributed by atoms with Crippen molar-refractivity contribution in [2.75, 3.05) is 5.32 Å². The maximum atomic E-state index is 12.1. The van der Waals surface area contributed by atoms with Gasteiger partial charge in [-0.05, 0) is 42.3 Å². The molecule has 2 rings (SSSR count). The average Bonchev–Trinajstić information content (AvgIpc) is 2.40. The third kappa shape index (κ3) is 4.09. The Kier molecular flexibility index (Phi) is 5.21. The van der Waals surface area contributed by atoms with Gasteiger partial charge in [-0.2, -0.15) is 0 Å². The van der Waals surface area contributed by atoms with E-state index in [-0.39, 0.29) is 5.91 Å². The number of carbonyl (C=O) groups excluding carboxylic acids is 1. The number of nitrogens with one attached hydrogen (secondary N) is 1. The van der Waals surface area contributed by atoms with Crippen LogP contribution in [0.1, 0.15) is 29.3 Å². The van der Waals surface area contributed by atoms with Gasteiger partial charge in [-0.25, -0.2) is 0 Å². The van der Waals surface area contributed by atoms with E-state index in [9.17, 15) is 4.79 Å². The van der Waals surface area contributed by atoms with Crippen LogP contribution < -0.4 is 5.32 Å². The molecule has 104 valence electrons. The molecule has 20 heavy (non-hydrogen) atoms. The Bertz CT molecular complexity index is 590. The van der Waals surface area contributed by atoms with Crippen LogP contribution in [-0.2, 0) is 6.42 Å². The van der Waals surface area contributed by atoms with Crippen molar-refractivity contribution in [2.45, 2.75) is 19.8 Å². The molecule has 2 nitrogen and oxygen atoms in total. The number of halogens is 2. The summed E-state index contributed by atoms with van der Waals surface area (Å²) in [6.07, 6.45) is 2.16. The minimum Gasteiger partial charge on any atom is -0.322 e. The van der Waals surface area contributed by atoms with E-state index in [0.717, 1.165) is 23.0 Å². The van der Waals surface area contributed by atoms with Crippen molar-refractivity contribution >= 4 is 39.1 Å². The van der Waals surface area contributed by atoms with Crippen LogP contribution in [0.5, 0.6) is 0 Å². The van der Waals surface area contributed by atoms with E-state index in [1.54, 1.807) is 18.2 Å². The van der Waals surface area contributed by atoms with Gasteiger partial charge in [0.05, 0.1) is 0 Å². The second kappa shape index (κ2) is 6.91. The highest BCUT2D eigenvalue weighted by molar-refractivity contribution is 9.10. The fourth-order valence-electron chi connectivity index (χ4n) is 1.93. The average molecular weight is 353 g/mol. The van der Waals surface area contributed by atoms with Gasteiger partial charge >= 0.3 is 0 Å². The Morgan fingerprint density at radius 3 is 2.50 bits per heavy atom. The third-order valence-corrected chi connectivity index (χ3v) is 3.55. The van der Waals surface area contributed by atoms with Gasteiger partial charge < -0.3 is 5.32 Å². The number of rotatable bonds is 4. The molecule has 0 saturated heterocycles. The van der Waals surface area contributed by atoms with E-state index in [4.69, 9.17) is 11.6 Å². The fourth-order valence-corrected chi connectivity index (χ4v) is 2.79. The molecule has 0 aromatic heterocycles. The van der Waals surface area contributed by atoms with Crippen molar-refractivity contribution in [1.29, 1.82) is 0 Å². The van der Waals surface area contributed by atoms with Gasteiger partial charge in [0, 0.05) is 20.7 Å². The quantitative estimate of drug-likeness (QED) is 0.794. The van der Waals surface area contributed by atoms with Crippen LogP contribution in [-0.4, -0.2) is 5.91 Å². The predicted molar refractivity (Wildman–Crippen MR) is 87.5 cm³/mol. The summed E-state index contributed by atoms with van der Waals surface area (Å²) < 4.78 is 0.786. The first-order valence-electron chi connectivity index (χ1n) is 6.45. The van der Waals surface area contributed by atoms with Gasteiger partial charge in [0.25, 0.3) is 5.91 Å². The van der Waals surface area contributed by atoms with Crippen LogP contribution >= 0.6 is 27.5 Å². The van der Waals surface area contributed by atoms with Crippen LogP contribution in [0.2, 0.25) is 5.02 Å². The molecule has 0 unspecified atom stereocenters. The van der Waals surface area contributed by atoms with Crippen LogP contribution in [0, 0.1) is 0 Å². The zero-order valence-electron chi connectivity index (χ0n) is 11.1. The molecule has 0 bridgehead atoms. The number of hydrogen-bond acceptors (Lipinski definition) is 1. The Labute approximate surface area is 132 Å². The monoisotopic (exact) mass is 351 g/mol. The first kappa shape index (κ1) is 15.1. The van der Waals surface area contributed by atoms with Gasteiger partial charge in [-0.1, -0.05) is 53.0 Å². The fraction of sp³-hybridized carbons (Fsp3) is 0.188. The van der Waals surface area contributed by atoms with Crippen molar-refractivity contribution in [3.63, 3.8) is 0 Å². The molecule has 0 heterocycles. The normalized spacial score (nSPS) is 10.3. The largest absolute Gasteiger partial charge is 0.322 e. The molecule has 0 spiro atoms. The molecule has 2 aromatic rings. The first-order chi connectivity index (χ1) is 9.58. The number of amides is 1. The maximum Gasteiger partial charge on any atom is 0.255 e. The summed E-state index contributed by atoms with van der Waals surface area (Å²) in [5.41, 5.74) is 2.59. The topological polar surface area (TPSA) is 29.1 Å². The molecule has 1 N–H and O–H groups in total. The minimum absolute atomic E-state index is 0.170. The summed E-state index contributed by atoms with van der Waals surface area (Å²) >= 11 is 9.27. The number of carbonyl (C=O) groups is 1. The molecule has 1 amide bonds. The molecule has 0 saturated carbocycles. The molecular weight excluding hydrogens is 338 g/mol. The van der Waals surface area contributed by atoms with E-state index in [1.165, 1.54) is 5.56 Å². The summed E-state index contributed by atoms with van der Waals surface area (Å²) in [5.74, 6) is -0.170. The lowest BCUT2D eigenvalue weighted by Gasteiger charge is -2.07. The summed E-state index contributed by atoms with van der Waals surface area (Å²) in [7, 11) is 0. The summed E-state index contributed by atoms with van der Waals surface area (Å²) in [6, 6.07) is 13.0. The van der Waals surface area contributed by atoms with Gasteiger partial charge in [-0.3, -0.25) is 4.79 Å². The highest BCUT2D eigenvalue weighted by atomic mass is 79.9. The first-order valence-corrected chi connectivity index (χ1v) is 7.62. The second-order valence-electron chi connectivity index (χ2n) is 4.56. The van der Waals surface area contributed by atoms with Crippen molar-refractivity contribution in [3.8, 4) is 0 Å². The molecule has 4 heteroatoms. The molecule has 0 aliphatic carbocycles. The molecule has 0 fully saturated rings. The van der Waals surface area contributed by atoms with Gasteiger partial charge in [0.2, 0.25) is 0 Å². The summed E-state index contributed by atoms with van der Waals surface area (Å²) in [5, 5.41) is 3.39. The standard InChI is InChI=1S/C16H15BrClNO/c1-2-3-11-4-6-15(7-5-11)19-16(20)12-8-13(17)10-14(18)9-12/h4-10H,2-3H2,1H3,(H,19,20). The van der Waals surface area contributed by atoms with Crippen LogP contribution in [0.4, 0.5) is 5.69 Å². The van der Waals surface area contributed by atoms with E-state index in [0.29, 0.717) is 10.6 Å². The lowest BCUT2D eigenvalue weighted by Crippen LogP contribution is -2.11. The number of aryl methyl sites for hydroxylation is 1. The van der Waals surface area contributed by atoms with Crippen molar-refractivity contribution in [1.82, 2.24) is 0 Å².